The third-order valence-electron chi connectivity index (χ3n) is 1.55. The second-order valence-electron chi connectivity index (χ2n) is 2.48. The summed E-state index contributed by atoms with van der Waals surface area (Å²) in [5, 5.41) is 8.91. The average molecular weight is 206 g/mol. The molecule has 0 amide bonds. The van der Waals surface area contributed by atoms with Crippen LogP contribution in [0, 0.1) is 23.2 Å². The van der Waals surface area contributed by atoms with E-state index in [1.165, 1.54) is 0 Å². The summed E-state index contributed by atoms with van der Waals surface area (Å²) in [7, 11) is 1.56. The highest BCUT2D eigenvalue weighted by Crippen LogP contribution is 2.21. The van der Waals surface area contributed by atoms with Crippen LogP contribution in [0.4, 0.5) is 0 Å². The summed E-state index contributed by atoms with van der Waals surface area (Å²) >= 11 is 5.78. The van der Waals surface area contributed by atoms with Gasteiger partial charge in [-0.15, -0.1) is 0 Å². The van der Waals surface area contributed by atoms with Crippen molar-refractivity contribution in [3.05, 3.63) is 28.8 Å². The zero-order valence-corrected chi connectivity index (χ0v) is 8.43. The fourth-order valence-corrected chi connectivity index (χ4v) is 1.11. The third kappa shape index (κ3) is 2.69. The van der Waals surface area contributed by atoms with Crippen LogP contribution in [0.15, 0.2) is 18.2 Å². The van der Waals surface area contributed by atoms with Crippen LogP contribution in [0.1, 0.15) is 12.0 Å². The van der Waals surface area contributed by atoms with Gasteiger partial charge in [0.2, 0.25) is 0 Å². The zero-order valence-electron chi connectivity index (χ0n) is 7.67. The summed E-state index contributed by atoms with van der Waals surface area (Å²) in [5.41, 5.74) is 0.743. The van der Waals surface area contributed by atoms with Gasteiger partial charge in [-0.2, -0.15) is 5.26 Å². The number of methoxy groups -OCH3 is 1. The number of ether oxygens (including phenoxy) is 1. The van der Waals surface area contributed by atoms with Crippen molar-refractivity contribution in [3.8, 4) is 23.7 Å². The molecule has 0 saturated heterocycles. The number of nitrogens with zero attached hydrogens (tertiary/aromatic N) is 1. The average Bonchev–Trinajstić information content (AvgIpc) is 2.20. The molecule has 0 spiro atoms. The van der Waals surface area contributed by atoms with Crippen molar-refractivity contribution in [1.29, 1.82) is 5.26 Å². The van der Waals surface area contributed by atoms with Crippen molar-refractivity contribution in [2.75, 3.05) is 7.11 Å². The fourth-order valence-electron chi connectivity index (χ4n) is 0.947. The summed E-state index contributed by atoms with van der Waals surface area (Å²) in [6.07, 6.45) is 0.214. The van der Waals surface area contributed by atoms with Gasteiger partial charge in [-0.25, -0.2) is 0 Å². The molecular formula is C11H8ClNO. The minimum Gasteiger partial charge on any atom is -0.495 e. The van der Waals surface area contributed by atoms with E-state index in [1.54, 1.807) is 25.3 Å². The SMILES string of the molecule is COc1cc(Cl)ccc1C#CCC#N. The first-order chi connectivity index (χ1) is 6.77. The predicted octanol–water partition coefficient (Wildman–Crippen LogP) is 2.61. The highest BCUT2D eigenvalue weighted by Gasteiger charge is 1.99. The molecular weight excluding hydrogens is 198 g/mol. The molecule has 2 nitrogen and oxygen atoms in total. The Morgan fingerprint density at radius 3 is 2.93 bits per heavy atom. The molecule has 0 unspecified atom stereocenters. The lowest BCUT2D eigenvalue weighted by Gasteiger charge is -2.02. The van der Waals surface area contributed by atoms with Crippen LogP contribution >= 0.6 is 11.6 Å². The van der Waals surface area contributed by atoms with Crippen LogP contribution in [-0.4, -0.2) is 7.11 Å². The first-order valence-electron chi connectivity index (χ1n) is 3.97. The Balaban J connectivity index is 2.99. The maximum Gasteiger partial charge on any atom is 0.135 e. The van der Waals surface area contributed by atoms with Gasteiger partial charge in [-0.3, -0.25) is 0 Å². The monoisotopic (exact) mass is 205 g/mol. The van der Waals surface area contributed by atoms with Crippen molar-refractivity contribution in [2.45, 2.75) is 6.42 Å². The maximum atomic E-state index is 8.31. The smallest absolute Gasteiger partial charge is 0.135 e. The normalized spacial score (nSPS) is 8.36. The zero-order chi connectivity index (χ0) is 10.4. The van der Waals surface area contributed by atoms with Crippen LogP contribution in [0.3, 0.4) is 0 Å². The van der Waals surface area contributed by atoms with Crippen molar-refractivity contribution in [1.82, 2.24) is 0 Å². The second kappa shape index (κ2) is 5.17. The minimum absolute atomic E-state index is 0.214. The molecule has 1 aromatic rings. The molecule has 70 valence electrons. The summed E-state index contributed by atoms with van der Waals surface area (Å²) in [6, 6.07) is 7.14. The number of rotatable bonds is 1. The van der Waals surface area contributed by atoms with Crippen LogP contribution in [-0.2, 0) is 0 Å². The number of hydrogen-bond donors (Lipinski definition) is 0. The molecule has 0 aliphatic carbocycles. The Kier molecular flexibility index (Phi) is 3.85. The minimum atomic E-state index is 0.214. The summed E-state index contributed by atoms with van der Waals surface area (Å²) in [6.45, 7) is 0. The number of halogens is 1. The molecule has 0 heterocycles. The lowest BCUT2D eigenvalue weighted by Crippen LogP contribution is -1.87. The molecule has 0 aromatic heterocycles. The van der Waals surface area contributed by atoms with Gasteiger partial charge in [0.1, 0.15) is 5.75 Å². The number of benzene rings is 1. The number of nitriles is 1. The Morgan fingerprint density at radius 2 is 2.29 bits per heavy atom. The van der Waals surface area contributed by atoms with Crippen LogP contribution in [0.5, 0.6) is 5.75 Å². The molecule has 0 fully saturated rings. The topological polar surface area (TPSA) is 33.0 Å². The van der Waals surface area contributed by atoms with E-state index in [0.717, 1.165) is 5.56 Å². The quantitative estimate of drug-likeness (QED) is 0.661. The summed E-state index contributed by atoms with van der Waals surface area (Å²) in [4.78, 5) is 0. The molecule has 0 atom stereocenters. The highest BCUT2D eigenvalue weighted by molar-refractivity contribution is 6.30. The third-order valence-corrected chi connectivity index (χ3v) is 1.79. The first kappa shape index (κ1) is 10.4. The van der Waals surface area contributed by atoms with Gasteiger partial charge >= 0.3 is 0 Å². The highest BCUT2D eigenvalue weighted by atomic mass is 35.5. The molecule has 0 saturated carbocycles. The van der Waals surface area contributed by atoms with Gasteiger partial charge in [-0.1, -0.05) is 23.4 Å². The van der Waals surface area contributed by atoms with E-state index < -0.39 is 0 Å². The van der Waals surface area contributed by atoms with E-state index in [1.807, 2.05) is 6.07 Å². The molecule has 3 heteroatoms. The van der Waals surface area contributed by atoms with Gasteiger partial charge in [0.05, 0.1) is 25.2 Å². The lowest BCUT2D eigenvalue weighted by molar-refractivity contribution is 0.413. The standard InChI is InChI=1S/C11H8ClNO/c1-14-11-8-10(12)6-5-9(11)4-2-3-7-13/h5-6,8H,3H2,1H3. The molecule has 0 N–H and O–H groups in total. The Hall–Kier alpha value is -1.64. The van der Waals surface area contributed by atoms with Crippen LogP contribution in [0.2, 0.25) is 5.02 Å². The van der Waals surface area contributed by atoms with Gasteiger partial charge in [0.15, 0.2) is 0 Å². The first-order valence-corrected chi connectivity index (χ1v) is 4.35. The summed E-state index contributed by atoms with van der Waals surface area (Å²) in [5.74, 6) is 6.18. The van der Waals surface area contributed by atoms with Crippen LogP contribution in [0.25, 0.3) is 0 Å². The van der Waals surface area contributed by atoms with Crippen molar-refractivity contribution < 1.29 is 4.74 Å². The van der Waals surface area contributed by atoms with E-state index in [2.05, 4.69) is 11.8 Å². The molecule has 0 aliphatic rings. The second-order valence-corrected chi connectivity index (χ2v) is 2.92. The molecule has 14 heavy (non-hydrogen) atoms. The molecule has 0 aliphatic heterocycles. The van der Waals surface area contributed by atoms with Crippen molar-refractivity contribution in [3.63, 3.8) is 0 Å². The molecule has 0 radical (unpaired) electrons. The maximum absolute atomic E-state index is 8.31. The van der Waals surface area contributed by atoms with Crippen LogP contribution < -0.4 is 4.74 Å². The van der Waals surface area contributed by atoms with E-state index in [-0.39, 0.29) is 6.42 Å². The summed E-state index contributed by atoms with van der Waals surface area (Å²) < 4.78 is 5.09. The number of hydrogen-bond acceptors (Lipinski definition) is 2. The molecule has 0 bridgehead atoms. The Bertz CT molecular complexity index is 423. The van der Waals surface area contributed by atoms with Gasteiger partial charge < -0.3 is 4.74 Å². The van der Waals surface area contributed by atoms with E-state index >= 15 is 0 Å². The predicted molar refractivity (Wildman–Crippen MR) is 55.1 cm³/mol. The van der Waals surface area contributed by atoms with E-state index in [4.69, 9.17) is 21.6 Å². The molecule has 1 rings (SSSR count). The Labute approximate surface area is 88.1 Å². The lowest BCUT2D eigenvalue weighted by atomic mass is 10.2. The Morgan fingerprint density at radius 1 is 1.50 bits per heavy atom. The fraction of sp³-hybridized carbons (Fsp3) is 0.182. The van der Waals surface area contributed by atoms with Crippen molar-refractivity contribution >= 4 is 11.6 Å². The van der Waals surface area contributed by atoms with E-state index in [0.29, 0.717) is 10.8 Å². The van der Waals surface area contributed by atoms with Crippen molar-refractivity contribution in [2.24, 2.45) is 0 Å². The van der Waals surface area contributed by atoms with Gasteiger partial charge in [0.25, 0.3) is 0 Å². The van der Waals surface area contributed by atoms with Gasteiger partial charge in [0, 0.05) is 11.1 Å². The largest absolute Gasteiger partial charge is 0.495 e. The van der Waals surface area contributed by atoms with Gasteiger partial charge in [-0.05, 0) is 12.1 Å². The molecule has 1 aromatic carbocycles. The van der Waals surface area contributed by atoms with E-state index in [9.17, 15) is 0 Å².